The molecule has 0 aliphatic heterocycles. The highest BCUT2D eigenvalue weighted by atomic mass is 79.9. The molecule has 0 atom stereocenters. The molecule has 0 bridgehead atoms. The monoisotopic (exact) mass is 297 g/mol. The van der Waals surface area contributed by atoms with Crippen LogP contribution >= 0.6 is 27.3 Å². The van der Waals surface area contributed by atoms with E-state index in [1.54, 1.807) is 23.7 Å². The lowest BCUT2D eigenvalue weighted by atomic mass is 10.3. The van der Waals surface area contributed by atoms with Crippen LogP contribution in [0.15, 0.2) is 34.4 Å². The van der Waals surface area contributed by atoms with E-state index in [1.807, 2.05) is 0 Å². The molecular formula is C10H8BrN3OS. The van der Waals surface area contributed by atoms with E-state index in [0.717, 1.165) is 4.47 Å². The average Bonchev–Trinajstić information content (AvgIpc) is 2.77. The lowest BCUT2D eigenvalue weighted by Crippen LogP contribution is -2.10. The summed E-state index contributed by atoms with van der Waals surface area (Å²) in [6.45, 7) is 0. The van der Waals surface area contributed by atoms with Gasteiger partial charge in [-0.25, -0.2) is 0 Å². The van der Waals surface area contributed by atoms with E-state index >= 15 is 0 Å². The summed E-state index contributed by atoms with van der Waals surface area (Å²) >= 11 is 4.58. The van der Waals surface area contributed by atoms with Crippen molar-refractivity contribution in [1.29, 1.82) is 0 Å². The molecule has 2 rings (SSSR count). The number of hydrogen-bond donors (Lipinski definition) is 2. The first kappa shape index (κ1) is 11.1. The van der Waals surface area contributed by atoms with Gasteiger partial charge in [-0.2, -0.15) is 0 Å². The third-order valence-electron chi connectivity index (χ3n) is 1.91. The van der Waals surface area contributed by atoms with E-state index in [4.69, 9.17) is 5.73 Å². The van der Waals surface area contributed by atoms with Gasteiger partial charge in [-0.05, 0) is 34.1 Å². The second-order valence-electron chi connectivity index (χ2n) is 3.06. The summed E-state index contributed by atoms with van der Waals surface area (Å²) in [6, 6.07) is 5.26. The molecule has 6 heteroatoms. The van der Waals surface area contributed by atoms with Crippen LogP contribution in [0.4, 0.5) is 11.4 Å². The highest BCUT2D eigenvalue weighted by molar-refractivity contribution is 9.10. The maximum atomic E-state index is 11.7. The van der Waals surface area contributed by atoms with Gasteiger partial charge in [0.05, 0.1) is 11.7 Å². The number of nitrogens with zero attached hydrogens (tertiary/aromatic N) is 1. The van der Waals surface area contributed by atoms with E-state index in [0.29, 0.717) is 16.3 Å². The summed E-state index contributed by atoms with van der Waals surface area (Å²) in [7, 11) is 0. The van der Waals surface area contributed by atoms with E-state index < -0.39 is 0 Å². The van der Waals surface area contributed by atoms with Crippen molar-refractivity contribution in [1.82, 2.24) is 4.98 Å². The van der Waals surface area contributed by atoms with Gasteiger partial charge < -0.3 is 11.1 Å². The van der Waals surface area contributed by atoms with Crippen LogP contribution in [0.1, 0.15) is 9.67 Å². The van der Waals surface area contributed by atoms with E-state index in [2.05, 4.69) is 26.2 Å². The number of amides is 1. The van der Waals surface area contributed by atoms with Crippen molar-refractivity contribution in [2.75, 3.05) is 11.1 Å². The first-order chi connectivity index (χ1) is 7.66. The minimum atomic E-state index is -0.177. The number of benzene rings is 1. The molecule has 0 aliphatic rings. The summed E-state index contributed by atoms with van der Waals surface area (Å²) < 4.78 is 0.809. The predicted octanol–water partition coefficient (Wildman–Crippen LogP) is 2.74. The zero-order valence-electron chi connectivity index (χ0n) is 8.11. The van der Waals surface area contributed by atoms with Crippen molar-refractivity contribution >= 4 is 44.5 Å². The molecular weight excluding hydrogens is 290 g/mol. The molecule has 0 saturated carbocycles. The first-order valence-electron chi connectivity index (χ1n) is 4.41. The summed E-state index contributed by atoms with van der Waals surface area (Å²) in [5.74, 6) is -0.177. The molecule has 0 aliphatic carbocycles. The Labute approximate surface area is 105 Å². The molecule has 1 heterocycles. The van der Waals surface area contributed by atoms with Gasteiger partial charge >= 0.3 is 0 Å². The first-order valence-corrected chi connectivity index (χ1v) is 6.09. The number of nitrogens with one attached hydrogen (secondary N) is 1. The van der Waals surface area contributed by atoms with Crippen molar-refractivity contribution < 1.29 is 4.79 Å². The van der Waals surface area contributed by atoms with E-state index in [1.165, 1.54) is 17.5 Å². The van der Waals surface area contributed by atoms with Gasteiger partial charge in [0, 0.05) is 15.8 Å². The molecule has 0 saturated heterocycles. The van der Waals surface area contributed by atoms with E-state index in [-0.39, 0.29) is 5.91 Å². The number of anilines is 2. The smallest absolute Gasteiger partial charge is 0.267 e. The molecule has 0 spiro atoms. The molecule has 4 nitrogen and oxygen atoms in total. The zero-order chi connectivity index (χ0) is 11.5. The molecule has 1 amide bonds. The topological polar surface area (TPSA) is 68.0 Å². The molecule has 3 N–H and O–H groups in total. The third kappa shape index (κ3) is 2.40. The number of thiazole rings is 1. The summed E-state index contributed by atoms with van der Waals surface area (Å²) in [6.07, 6.45) is 1.53. The Kier molecular flexibility index (Phi) is 3.21. The molecule has 16 heavy (non-hydrogen) atoms. The van der Waals surface area contributed by atoms with Crippen molar-refractivity contribution in [2.45, 2.75) is 0 Å². The van der Waals surface area contributed by atoms with Crippen LogP contribution in [0.25, 0.3) is 0 Å². The van der Waals surface area contributed by atoms with Gasteiger partial charge in [-0.3, -0.25) is 9.78 Å². The number of halogens is 1. The number of nitrogen functional groups attached to an aromatic ring is 1. The van der Waals surface area contributed by atoms with Gasteiger partial charge in [0.15, 0.2) is 0 Å². The van der Waals surface area contributed by atoms with Crippen LogP contribution in [0, 0.1) is 0 Å². The lowest BCUT2D eigenvalue weighted by molar-refractivity contribution is 0.103. The van der Waals surface area contributed by atoms with Crippen LogP contribution in [-0.2, 0) is 0 Å². The maximum absolute atomic E-state index is 11.7. The quantitative estimate of drug-likeness (QED) is 0.838. The number of nitrogens with two attached hydrogens (primary N) is 1. The van der Waals surface area contributed by atoms with Crippen LogP contribution in [0.2, 0.25) is 0 Å². The second-order valence-corrected chi connectivity index (χ2v) is 4.80. The molecule has 1 aromatic heterocycles. The highest BCUT2D eigenvalue weighted by Gasteiger charge is 2.07. The van der Waals surface area contributed by atoms with Crippen molar-refractivity contribution in [3.8, 4) is 0 Å². The predicted molar refractivity (Wildman–Crippen MR) is 68.6 cm³/mol. The van der Waals surface area contributed by atoms with Crippen LogP contribution < -0.4 is 11.1 Å². The Balaban J connectivity index is 2.15. The molecule has 2 aromatic rings. The highest BCUT2D eigenvalue weighted by Crippen LogP contribution is 2.23. The Morgan fingerprint density at radius 2 is 2.31 bits per heavy atom. The van der Waals surface area contributed by atoms with Crippen molar-refractivity contribution in [3.05, 3.63) is 39.3 Å². The molecule has 0 unspecified atom stereocenters. The molecule has 0 radical (unpaired) electrons. The van der Waals surface area contributed by atoms with Crippen molar-refractivity contribution in [3.63, 3.8) is 0 Å². The Bertz CT molecular complexity index is 513. The van der Waals surface area contributed by atoms with Crippen LogP contribution in [0.5, 0.6) is 0 Å². The molecule has 82 valence electrons. The second kappa shape index (κ2) is 4.63. The Hall–Kier alpha value is -1.40. The minimum Gasteiger partial charge on any atom is -0.398 e. The summed E-state index contributed by atoms with van der Waals surface area (Å²) in [5.41, 5.74) is 8.57. The number of carbonyl (C=O) groups excluding carboxylic acids is 1. The van der Waals surface area contributed by atoms with Gasteiger partial charge in [0.25, 0.3) is 5.91 Å². The van der Waals surface area contributed by atoms with Crippen molar-refractivity contribution in [2.24, 2.45) is 0 Å². The number of rotatable bonds is 2. The largest absolute Gasteiger partial charge is 0.398 e. The standard InChI is InChI=1S/C10H8BrN3OS/c11-7-2-1-6(3-8(7)12)14-10(15)9-4-13-5-16-9/h1-5H,12H2,(H,14,15). The SMILES string of the molecule is Nc1cc(NC(=O)c2cncs2)ccc1Br. The fraction of sp³-hybridized carbons (Fsp3) is 0. The number of hydrogen-bond acceptors (Lipinski definition) is 4. The number of aromatic nitrogens is 1. The van der Waals surface area contributed by atoms with Crippen LogP contribution in [-0.4, -0.2) is 10.9 Å². The lowest BCUT2D eigenvalue weighted by Gasteiger charge is -2.05. The Morgan fingerprint density at radius 3 is 2.94 bits per heavy atom. The van der Waals surface area contributed by atoms with Gasteiger partial charge in [-0.15, -0.1) is 11.3 Å². The van der Waals surface area contributed by atoms with Crippen LogP contribution in [0.3, 0.4) is 0 Å². The Morgan fingerprint density at radius 1 is 1.50 bits per heavy atom. The van der Waals surface area contributed by atoms with Gasteiger partial charge in [-0.1, -0.05) is 0 Å². The fourth-order valence-corrected chi connectivity index (χ4v) is 1.90. The van der Waals surface area contributed by atoms with Gasteiger partial charge in [0.1, 0.15) is 4.88 Å². The maximum Gasteiger partial charge on any atom is 0.267 e. The minimum absolute atomic E-state index is 0.177. The average molecular weight is 298 g/mol. The van der Waals surface area contributed by atoms with E-state index in [9.17, 15) is 4.79 Å². The molecule has 1 aromatic carbocycles. The number of carbonyl (C=O) groups is 1. The molecule has 0 fully saturated rings. The fourth-order valence-electron chi connectivity index (χ4n) is 1.14. The third-order valence-corrected chi connectivity index (χ3v) is 3.40. The summed E-state index contributed by atoms with van der Waals surface area (Å²) in [5, 5.41) is 2.74. The normalized spacial score (nSPS) is 10.1. The summed E-state index contributed by atoms with van der Waals surface area (Å²) in [4.78, 5) is 16.1. The van der Waals surface area contributed by atoms with Gasteiger partial charge in [0.2, 0.25) is 0 Å². The zero-order valence-corrected chi connectivity index (χ0v) is 10.5.